The second kappa shape index (κ2) is 3.80. The number of hydrogen-bond donors (Lipinski definition) is 0. The van der Waals surface area contributed by atoms with Crippen molar-refractivity contribution in [3.8, 4) is 11.3 Å². The monoisotopic (exact) mass is 250 g/mol. The maximum absolute atomic E-state index is 12.9. The van der Waals surface area contributed by atoms with E-state index in [9.17, 15) is 13.2 Å². The molecule has 1 heterocycles. The molecule has 1 aromatic heterocycles. The van der Waals surface area contributed by atoms with Crippen molar-refractivity contribution in [3.05, 3.63) is 47.4 Å². The lowest BCUT2D eigenvalue weighted by atomic mass is 9.88. The van der Waals surface area contributed by atoms with Gasteiger partial charge < -0.3 is 0 Å². The molecule has 0 unspecified atom stereocenters. The molecule has 92 valence electrons. The van der Waals surface area contributed by atoms with Crippen LogP contribution in [0.2, 0.25) is 0 Å². The van der Waals surface area contributed by atoms with Crippen molar-refractivity contribution < 1.29 is 13.2 Å². The average Bonchev–Trinajstić information content (AvgIpc) is 2.36. The second-order valence-electron chi connectivity index (χ2n) is 4.20. The summed E-state index contributed by atoms with van der Waals surface area (Å²) in [6.07, 6.45) is -2.50. The highest BCUT2D eigenvalue weighted by Crippen LogP contribution is 2.38. The lowest BCUT2D eigenvalue weighted by Crippen LogP contribution is -2.17. The van der Waals surface area contributed by atoms with Gasteiger partial charge in [0.2, 0.25) is 0 Å². The van der Waals surface area contributed by atoms with E-state index in [1.54, 1.807) is 6.07 Å². The Morgan fingerprint density at radius 1 is 1.00 bits per heavy atom. The molecular formula is C13H9F3N2. The molecule has 0 atom stereocenters. The minimum absolute atomic E-state index is 0.212. The minimum Gasteiger partial charge on any atom is -0.236 e. The number of hydrogen-bond acceptors (Lipinski definition) is 2. The quantitative estimate of drug-likeness (QED) is 0.717. The van der Waals surface area contributed by atoms with E-state index in [-0.39, 0.29) is 5.56 Å². The van der Waals surface area contributed by atoms with Crippen molar-refractivity contribution in [2.24, 2.45) is 0 Å². The Hall–Kier alpha value is -1.91. The first-order valence-electron chi connectivity index (χ1n) is 5.57. The summed E-state index contributed by atoms with van der Waals surface area (Å²) >= 11 is 0. The summed E-state index contributed by atoms with van der Waals surface area (Å²) in [6, 6.07) is 7.42. The third kappa shape index (κ3) is 1.66. The Bertz CT molecular complexity index is 605. The SMILES string of the molecule is FC(F)(F)c1ncnc2c1CCc1ccccc1-2. The van der Waals surface area contributed by atoms with E-state index in [1.165, 1.54) is 0 Å². The number of halogens is 3. The minimum atomic E-state index is -4.42. The molecule has 3 rings (SSSR count). The van der Waals surface area contributed by atoms with Crippen LogP contribution in [0.25, 0.3) is 11.3 Å². The number of fused-ring (bicyclic) bond motifs is 3. The first-order chi connectivity index (χ1) is 8.57. The van der Waals surface area contributed by atoms with Crippen LogP contribution in [0.4, 0.5) is 13.2 Å². The number of nitrogens with zero attached hydrogens (tertiary/aromatic N) is 2. The van der Waals surface area contributed by atoms with Gasteiger partial charge in [-0.2, -0.15) is 13.2 Å². The summed E-state index contributed by atoms with van der Waals surface area (Å²) in [5.41, 5.74) is 1.65. The molecule has 1 aromatic carbocycles. The molecule has 0 saturated heterocycles. The molecule has 1 aliphatic carbocycles. The number of rotatable bonds is 0. The van der Waals surface area contributed by atoms with Crippen molar-refractivity contribution in [1.29, 1.82) is 0 Å². The van der Waals surface area contributed by atoms with Crippen LogP contribution in [0.1, 0.15) is 16.8 Å². The maximum Gasteiger partial charge on any atom is 0.433 e. The van der Waals surface area contributed by atoms with E-state index < -0.39 is 11.9 Å². The molecule has 0 spiro atoms. The van der Waals surface area contributed by atoms with Gasteiger partial charge in [0, 0.05) is 11.1 Å². The van der Waals surface area contributed by atoms with Crippen LogP contribution in [-0.4, -0.2) is 9.97 Å². The fourth-order valence-electron chi connectivity index (χ4n) is 2.35. The number of aryl methyl sites for hydroxylation is 1. The van der Waals surface area contributed by atoms with Gasteiger partial charge in [0.15, 0.2) is 5.69 Å². The standard InChI is InChI=1S/C13H9F3N2/c14-13(15,16)12-10-6-5-8-3-1-2-4-9(8)11(10)17-7-18-12/h1-4,7H,5-6H2. The lowest BCUT2D eigenvalue weighted by molar-refractivity contribution is -0.141. The van der Waals surface area contributed by atoms with Gasteiger partial charge in [-0.25, -0.2) is 9.97 Å². The van der Waals surface area contributed by atoms with Gasteiger partial charge in [-0.1, -0.05) is 24.3 Å². The number of alkyl halides is 3. The highest BCUT2D eigenvalue weighted by atomic mass is 19.4. The lowest BCUT2D eigenvalue weighted by Gasteiger charge is -2.21. The third-order valence-electron chi connectivity index (χ3n) is 3.13. The molecule has 5 heteroatoms. The van der Waals surface area contributed by atoms with Gasteiger partial charge in [0.25, 0.3) is 0 Å². The Labute approximate surface area is 102 Å². The van der Waals surface area contributed by atoms with Crippen LogP contribution < -0.4 is 0 Å². The molecule has 0 radical (unpaired) electrons. The summed E-state index contributed by atoms with van der Waals surface area (Å²) in [4.78, 5) is 7.42. The molecule has 0 saturated carbocycles. The molecule has 2 aromatic rings. The fraction of sp³-hybridized carbons (Fsp3) is 0.231. The summed E-state index contributed by atoms with van der Waals surface area (Å²) in [5.74, 6) is 0. The number of aromatic nitrogens is 2. The van der Waals surface area contributed by atoms with Crippen molar-refractivity contribution >= 4 is 0 Å². The van der Waals surface area contributed by atoms with Crippen molar-refractivity contribution in [2.75, 3.05) is 0 Å². The average molecular weight is 250 g/mol. The van der Waals surface area contributed by atoms with Gasteiger partial charge in [0.1, 0.15) is 6.33 Å². The maximum atomic E-state index is 12.9. The van der Waals surface area contributed by atoms with Crippen LogP contribution in [-0.2, 0) is 19.0 Å². The Balaban J connectivity index is 2.25. The second-order valence-corrected chi connectivity index (χ2v) is 4.20. The largest absolute Gasteiger partial charge is 0.433 e. The molecule has 2 nitrogen and oxygen atoms in total. The van der Waals surface area contributed by atoms with E-state index in [4.69, 9.17) is 0 Å². The van der Waals surface area contributed by atoms with Crippen LogP contribution >= 0.6 is 0 Å². The van der Waals surface area contributed by atoms with Crippen LogP contribution in [0.5, 0.6) is 0 Å². The van der Waals surface area contributed by atoms with Crippen LogP contribution in [0.3, 0.4) is 0 Å². The smallest absolute Gasteiger partial charge is 0.236 e. The molecular weight excluding hydrogens is 241 g/mol. The molecule has 0 N–H and O–H groups in total. The van der Waals surface area contributed by atoms with Gasteiger partial charge >= 0.3 is 6.18 Å². The fourth-order valence-corrected chi connectivity index (χ4v) is 2.35. The first-order valence-corrected chi connectivity index (χ1v) is 5.57. The molecule has 0 aliphatic heterocycles. The first kappa shape index (κ1) is 11.2. The Kier molecular flexibility index (Phi) is 2.36. The Morgan fingerprint density at radius 2 is 1.78 bits per heavy atom. The molecule has 0 amide bonds. The zero-order valence-corrected chi connectivity index (χ0v) is 9.33. The highest BCUT2D eigenvalue weighted by Gasteiger charge is 2.37. The number of benzene rings is 1. The normalized spacial score (nSPS) is 13.9. The van der Waals surface area contributed by atoms with Crippen molar-refractivity contribution in [3.63, 3.8) is 0 Å². The summed E-state index contributed by atoms with van der Waals surface area (Å²) < 4.78 is 38.6. The summed E-state index contributed by atoms with van der Waals surface area (Å²) in [6.45, 7) is 0. The van der Waals surface area contributed by atoms with Crippen LogP contribution in [0, 0.1) is 0 Å². The molecule has 0 bridgehead atoms. The predicted molar refractivity (Wildman–Crippen MR) is 59.9 cm³/mol. The third-order valence-corrected chi connectivity index (χ3v) is 3.13. The van der Waals surface area contributed by atoms with E-state index in [2.05, 4.69) is 9.97 Å². The predicted octanol–water partition coefficient (Wildman–Crippen LogP) is 3.26. The summed E-state index contributed by atoms with van der Waals surface area (Å²) in [5, 5.41) is 0. The zero-order valence-electron chi connectivity index (χ0n) is 9.33. The Morgan fingerprint density at radius 3 is 2.56 bits per heavy atom. The van der Waals surface area contributed by atoms with E-state index >= 15 is 0 Å². The molecule has 1 aliphatic rings. The van der Waals surface area contributed by atoms with Gasteiger partial charge in [0.05, 0.1) is 5.69 Å². The van der Waals surface area contributed by atoms with Gasteiger partial charge in [-0.05, 0) is 18.4 Å². The van der Waals surface area contributed by atoms with Crippen LogP contribution in [0.15, 0.2) is 30.6 Å². The van der Waals surface area contributed by atoms with E-state index in [0.29, 0.717) is 18.5 Å². The summed E-state index contributed by atoms with van der Waals surface area (Å²) in [7, 11) is 0. The van der Waals surface area contributed by atoms with E-state index in [1.807, 2.05) is 18.2 Å². The van der Waals surface area contributed by atoms with Crippen molar-refractivity contribution in [1.82, 2.24) is 9.97 Å². The zero-order chi connectivity index (χ0) is 12.8. The van der Waals surface area contributed by atoms with E-state index in [0.717, 1.165) is 17.5 Å². The van der Waals surface area contributed by atoms with Crippen molar-refractivity contribution in [2.45, 2.75) is 19.0 Å². The topological polar surface area (TPSA) is 25.8 Å². The van der Waals surface area contributed by atoms with Gasteiger partial charge in [-0.15, -0.1) is 0 Å². The highest BCUT2D eigenvalue weighted by molar-refractivity contribution is 5.70. The van der Waals surface area contributed by atoms with Gasteiger partial charge in [-0.3, -0.25) is 0 Å². The molecule has 0 fully saturated rings. The molecule has 18 heavy (non-hydrogen) atoms.